The minimum absolute atomic E-state index is 0.0609. The molecule has 0 aliphatic carbocycles. The van der Waals surface area contributed by atoms with Crippen LogP contribution in [-0.2, 0) is 18.4 Å². The summed E-state index contributed by atoms with van der Waals surface area (Å²) in [6, 6.07) is 7.38. The fraction of sp³-hybridized carbons (Fsp3) is 0.500. The summed E-state index contributed by atoms with van der Waals surface area (Å²) in [6.07, 6.45) is 0.837. The lowest BCUT2D eigenvalue weighted by molar-refractivity contribution is -0.115. The van der Waals surface area contributed by atoms with Crippen LogP contribution in [0.4, 0.5) is 5.69 Å². The van der Waals surface area contributed by atoms with E-state index in [2.05, 4.69) is 29.2 Å². The van der Waals surface area contributed by atoms with Gasteiger partial charge in [0.15, 0.2) is 5.16 Å². The Morgan fingerprint density at radius 3 is 2.55 bits per heavy atom. The standard InChI is InChI=1S/C24H34N6O2S/c1-7-29(8-2)14-11-15-30-23(32)19-12-9-10-13-20(19)25-24(30)33-18(5)22(31)26-21-16(3)27-28(6)17(21)4/h9-10,12-13,18H,7-8,11,14-15H2,1-6H3,(H,26,31). The summed E-state index contributed by atoms with van der Waals surface area (Å²) in [5.74, 6) is -0.142. The summed E-state index contributed by atoms with van der Waals surface area (Å²) >= 11 is 1.31. The van der Waals surface area contributed by atoms with Crippen molar-refractivity contribution in [3.8, 4) is 0 Å². The van der Waals surface area contributed by atoms with Gasteiger partial charge in [-0.2, -0.15) is 5.10 Å². The van der Waals surface area contributed by atoms with E-state index in [0.29, 0.717) is 22.6 Å². The van der Waals surface area contributed by atoms with E-state index in [-0.39, 0.29) is 11.5 Å². The molecular formula is C24H34N6O2S. The highest BCUT2D eigenvalue weighted by Gasteiger charge is 2.22. The first-order valence-corrected chi connectivity index (χ1v) is 12.3. The molecule has 3 aromatic rings. The van der Waals surface area contributed by atoms with Gasteiger partial charge in [0.1, 0.15) is 0 Å². The minimum atomic E-state index is -0.439. The molecule has 0 spiro atoms. The molecule has 2 heterocycles. The Morgan fingerprint density at radius 2 is 1.91 bits per heavy atom. The molecule has 2 aromatic heterocycles. The van der Waals surface area contributed by atoms with Crippen LogP contribution >= 0.6 is 11.8 Å². The lowest BCUT2D eigenvalue weighted by atomic mass is 10.2. The van der Waals surface area contributed by atoms with Gasteiger partial charge < -0.3 is 10.2 Å². The molecule has 0 saturated carbocycles. The number of aromatic nitrogens is 4. The molecule has 3 rings (SSSR count). The number of hydrogen-bond donors (Lipinski definition) is 1. The van der Waals surface area contributed by atoms with Crippen molar-refractivity contribution in [2.24, 2.45) is 7.05 Å². The lowest BCUT2D eigenvalue weighted by Gasteiger charge is -2.20. The molecule has 8 nitrogen and oxygen atoms in total. The number of benzene rings is 1. The van der Waals surface area contributed by atoms with Gasteiger partial charge in [-0.05, 0) is 59.0 Å². The first-order valence-electron chi connectivity index (χ1n) is 11.5. The molecule has 0 aliphatic heterocycles. The van der Waals surface area contributed by atoms with Crippen LogP contribution in [0.25, 0.3) is 10.9 Å². The first kappa shape index (κ1) is 25.0. The maximum atomic E-state index is 13.3. The molecule has 33 heavy (non-hydrogen) atoms. The Kier molecular flexibility index (Phi) is 8.31. The summed E-state index contributed by atoms with van der Waals surface area (Å²) in [5, 5.41) is 8.09. The van der Waals surface area contributed by atoms with Crippen molar-refractivity contribution < 1.29 is 4.79 Å². The molecule has 0 radical (unpaired) electrons. The molecule has 0 bridgehead atoms. The fourth-order valence-electron chi connectivity index (χ4n) is 3.82. The zero-order valence-corrected chi connectivity index (χ0v) is 21.2. The number of nitrogens with zero attached hydrogens (tertiary/aromatic N) is 5. The first-order chi connectivity index (χ1) is 15.8. The zero-order chi connectivity index (χ0) is 24.1. The predicted molar refractivity (Wildman–Crippen MR) is 135 cm³/mol. The number of amides is 1. The largest absolute Gasteiger partial charge is 0.322 e. The average molecular weight is 471 g/mol. The van der Waals surface area contributed by atoms with Crippen LogP contribution in [0.15, 0.2) is 34.2 Å². The third-order valence-electron chi connectivity index (χ3n) is 5.99. The molecule has 0 fully saturated rings. The molecule has 1 unspecified atom stereocenters. The highest BCUT2D eigenvalue weighted by molar-refractivity contribution is 8.00. The number of nitrogens with one attached hydrogen (secondary N) is 1. The molecule has 1 amide bonds. The van der Waals surface area contributed by atoms with Crippen molar-refractivity contribution in [2.45, 2.75) is 58.0 Å². The second-order valence-electron chi connectivity index (χ2n) is 8.17. The Hall–Kier alpha value is -2.65. The number of aryl methyl sites for hydroxylation is 2. The van der Waals surface area contributed by atoms with E-state index in [1.54, 1.807) is 9.25 Å². The highest BCUT2D eigenvalue weighted by Crippen LogP contribution is 2.25. The van der Waals surface area contributed by atoms with Crippen LogP contribution in [0.2, 0.25) is 0 Å². The molecule has 9 heteroatoms. The number of rotatable bonds is 10. The highest BCUT2D eigenvalue weighted by atomic mass is 32.2. The molecule has 178 valence electrons. The van der Waals surface area contributed by atoms with Crippen molar-refractivity contribution in [3.05, 3.63) is 46.0 Å². The summed E-state index contributed by atoms with van der Waals surface area (Å²) in [4.78, 5) is 33.4. The third kappa shape index (κ3) is 5.65. The molecule has 1 atom stereocenters. The van der Waals surface area contributed by atoms with Crippen molar-refractivity contribution in [1.82, 2.24) is 24.2 Å². The second-order valence-corrected chi connectivity index (χ2v) is 9.48. The minimum Gasteiger partial charge on any atom is -0.322 e. The van der Waals surface area contributed by atoms with Crippen LogP contribution in [-0.4, -0.2) is 55.0 Å². The Labute approximate surface area is 199 Å². The van der Waals surface area contributed by atoms with Gasteiger partial charge in [-0.3, -0.25) is 18.8 Å². The maximum Gasteiger partial charge on any atom is 0.262 e. The predicted octanol–water partition coefficient (Wildman–Crippen LogP) is 3.60. The number of thioether (sulfide) groups is 1. The number of fused-ring (bicyclic) bond motifs is 1. The summed E-state index contributed by atoms with van der Waals surface area (Å²) in [7, 11) is 1.85. The quantitative estimate of drug-likeness (QED) is 0.360. The van der Waals surface area contributed by atoms with Gasteiger partial charge in [0, 0.05) is 13.6 Å². The SMILES string of the molecule is CCN(CC)CCCn1c(SC(C)C(=O)Nc2c(C)nn(C)c2C)nc2ccccc2c1=O. The number of carbonyl (C=O) groups excluding carboxylic acids is 1. The van der Waals surface area contributed by atoms with Crippen LogP contribution in [0.1, 0.15) is 38.6 Å². The zero-order valence-electron chi connectivity index (χ0n) is 20.4. The molecular weight excluding hydrogens is 436 g/mol. The molecule has 0 aliphatic rings. The van der Waals surface area contributed by atoms with E-state index in [9.17, 15) is 9.59 Å². The van der Waals surface area contributed by atoms with E-state index in [1.165, 1.54) is 11.8 Å². The van der Waals surface area contributed by atoms with E-state index in [1.807, 2.05) is 52.1 Å². The molecule has 1 N–H and O–H groups in total. The lowest BCUT2D eigenvalue weighted by Crippen LogP contribution is -2.29. The Morgan fingerprint density at radius 1 is 1.21 bits per heavy atom. The van der Waals surface area contributed by atoms with Gasteiger partial charge in [-0.1, -0.05) is 37.7 Å². The van der Waals surface area contributed by atoms with Crippen molar-refractivity contribution in [3.63, 3.8) is 0 Å². The maximum absolute atomic E-state index is 13.3. The number of carbonyl (C=O) groups is 1. The van der Waals surface area contributed by atoms with E-state index < -0.39 is 5.25 Å². The summed E-state index contributed by atoms with van der Waals surface area (Å²) in [6.45, 7) is 13.3. The van der Waals surface area contributed by atoms with Gasteiger partial charge in [0.05, 0.1) is 33.2 Å². The van der Waals surface area contributed by atoms with Gasteiger partial charge in [0.2, 0.25) is 5.91 Å². The normalized spacial score (nSPS) is 12.5. The Bertz CT molecular complexity index is 1180. The number of para-hydroxylation sites is 1. The van der Waals surface area contributed by atoms with Crippen molar-refractivity contribution in [2.75, 3.05) is 25.0 Å². The van der Waals surface area contributed by atoms with Gasteiger partial charge in [-0.25, -0.2) is 4.98 Å². The van der Waals surface area contributed by atoms with Gasteiger partial charge >= 0.3 is 0 Å². The fourth-order valence-corrected chi connectivity index (χ4v) is 4.75. The van der Waals surface area contributed by atoms with Crippen LogP contribution in [0.5, 0.6) is 0 Å². The Balaban J connectivity index is 1.85. The number of hydrogen-bond acceptors (Lipinski definition) is 6. The molecule has 0 saturated heterocycles. The van der Waals surface area contributed by atoms with Crippen molar-refractivity contribution >= 4 is 34.3 Å². The van der Waals surface area contributed by atoms with Crippen LogP contribution in [0, 0.1) is 13.8 Å². The van der Waals surface area contributed by atoms with E-state index >= 15 is 0 Å². The third-order valence-corrected chi connectivity index (χ3v) is 7.08. The topological polar surface area (TPSA) is 85.1 Å². The smallest absolute Gasteiger partial charge is 0.262 e. The van der Waals surface area contributed by atoms with E-state index in [0.717, 1.165) is 43.1 Å². The number of anilines is 1. The van der Waals surface area contributed by atoms with Gasteiger partial charge in [-0.15, -0.1) is 0 Å². The van der Waals surface area contributed by atoms with Crippen LogP contribution in [0.3, 0.4) is 0 Å². The summed E-state index contributed by atoms with van der Waals surface area (Å²) in [5.41, 5.74) is 3.00. The molecule has 1 aromatic carbocycles. The van der Waals surface area contributed by atoms with Crippen LogP contribution < -0.4 is 10.9 Å². The second kappa shape index (κ2) is 11.0. The van der Waals surface area contributed by atoms with Crippen molar-refractivity contribution in [1.29, 1.82) is 0 Å². The van der Waals surface area contributed by atoms with E-state index in [4.69, 9.17) is 4.98 Å². The monoisotopic (exact) mass is 470 g/mol. The average Bonchev–Trinajstić information content (AvgIpc) is 3.04. The van der Waals surface area contributed by atoms with Gasteiger partial charge in [0.25, 0.3) is 5.56 Å². The summed E-state index contributed by atoms with van der Waals surface area (Å²) < 4.78 is 3.47.